The van der Waals surface area contributed by atoms with E-state index >= 15 is 0 Å². The SMILES string of the molecule is COCCCC(=O)N(C)CCN. The van der Waals surface area contributed by atoms with Crippen LogP contribution in [-0.4, -0.2) is 44.7 Å². The average Bonchev–Trinajstić information content (AvgIpc) is 2.05. The highest BCUT2D eigenvalue weighted by molar-refractivity contribution is 5.75. The fraction of sp³-hybridized carbons (Fsp3) is 0.875. The lowest BCUT2D eigenvalue weighted by Gasteiger charge is -2.15. The molecule has 0 radical (unpaired) electrons. The van der Waals surface area contributed by atoms with Gasteiger partial charge in [-0.1, -0.05) is 0 Å². The number of ether oxygens (including phenoxy) is 1. The van der Waals surface area contributed by atoms with E-state index in [9.17, 15) is 4.79 Å². The van der Waals surface area contributed by atoms with Crippen molar-refractivity contribution in [2.75, 3.05) is 33.9 Å². The standard InChI is InChI=1S/C8H18N2O2/c1-10(6-5-9)8(11)4-3-7-12-2/h3-7,9H2,1-2H3. The second-order valence-electron chi connectivity index (χ2n) is 2.70. The molecule has 0 atom stereocenters. The number of likely N-dealkylation sites (N-methyl/N-ethyl adjacent to an activating group) is 1. The maximum absolute atomic E-state index is 11.2. The number of amides is 1. The first kappa shape index (κ1) is 11.4. The van der Waals surface area contributed by atoms with Gasteiger partial charge < -0.3 is 15.4 Å². The van der Waals surface area contributed by atoms with Crippen LogP contribution < -0.4 is 5.73 Å². The topological polar surface area (TPSA) is 55.6 Å². The average molecular weight is 174 g/mol. The second-order valence-corrected chi connectivity index (χ2v) is 2.70. The van der Waals surface area contributed by atoms with Crippen LogP contribution in [-0.2, 0) is 9.53 Å². The summed E-state index contributed by atoms with van der Waals surface area (Å²) in [6, 6.07) is 0. The normalized spacial score (nSPS) is 9.92. The van der Waals surface area contributed by atoms with E-state index in [0.717, 1.165) is 6.42 Å². The number of methoxy groups -OCH3 is 1. The molecule has 0 fully saturated rings. The minimum absolute atomic E-state index is 0.137. The zero-order chi connectivity index (χ0) is 9.40. The van der Waals surface area contributed by atoms with Crippen molar-refractivity contribution in [2.24, 2.45) is 5.73 Å². The molecule has 0 aromatic carbocycles. The van der Waals surface area contributed by atoms with E-state index in [1.807, 2.05) is 0 Å². The largest absolute Gasteiger partial charge is 0.385 e. The maximum atomic E-state index is 11.2. The van der Waals surface area contributed by atoms with E-state index in [-0.39, 0.29) is 5.91 Å². The Morgan fingerprint density at radius 2 is 2.25 bits per heavy atom. The fourth-order valence-electron chi connectivity index (χ4n) is 0.877. The molecule has 0 heterocycles. The second kappa shape index (κ2) is 7.06. The van der Waals surface area contributed by atoms with Gasteiger partial charge >= 0.3 is 0 Å². The zero-order valence-corrected chi connectivity index (χ0v) is 7.88. The summed E-state index contributed by atoms with van der Waals surface area (Å²) in [6.45, 7) is 1.79. The summed E-state index contributed by atoms with van der Waals surface area (Å²) in [7, 11) is 3.40. The van der Waals surface area contributed by atoms with Crippen LogP contribution in [0.4, 0.5) is 0 Å². The molecule has 0 spiro atoms. The molecule has 0 saturated heterocycles. The molecule has 0 unspecified atom stereocenters. The van der Waals surface area contributed by atoms with Gasteiger partial charge in [0.05, 0.1) is 0 Å². The van der Waals surface area contributed by atoms with Crippen LogP contribution >= 0.6 is 0 Å². The lowest BCUT2D eigenvalue weighted by atomic mass is 10.3. The van der Waals surface area contributed by atoms with Crippen molar-refractivity contribution in [3.05, 3.63) is 0 Å². The van der Waals surface area contributed by atoms with E-state index in [1.165, 1.54) is 0 Å². The molecular weight excluding hydrogens is 156 g/mol. The van der Waals surface area contributed by atoms with Gasteiger partial charge in [-0.3, -0.25) is 4.79 Å². The number of nitrogens with two attached hydrogens (primary N) is 1. The maximum Gasteiger partial charge on any atom is 0.222 e. The number of nitrogens with zero attached hydrogens (tertiary/aromatic N) is 1. The van der Waals surface area contributed by atoms with Gasteiger partial charge in [0.1, 0.15) is 0 Å². The van der Waals surface area contributed by atoms with Crippen molar-refractivity contribution in [3.8, 4) is 0 Å². The molecule has 0 rings (SSSR count). The Kier molecular flexibility index (Phi) is 6.70. The highest BCUT2D eigenvalue weighted by Crippen LogP contribution is 1.94. The Hall–Kier alpha value is -0.610. The lowest BCUT2D eigenvalue weighted by molar-refractivity contribution is -0.130. The molecule has 4 nitrogen and oxygen atoms in total. The van der Waals surface area contributed by atoms with E-state index in [2.05, 4.69) is 0 Å². The van der Waals surface area contributed by atoms with Gasteiger partial charge in [-0.2, -0.15) is 0 Å². The first-order chi connectivity index (χ1) is 5.72. The van der Waals surface area contributed by atoms with Crippen molar-refractivity contribution >= 4 is 5.91 Å². The van der Waals surface area contributed by atoms with Crippen LogP contribution in [0.25, 0.3) is 0 Å². The van der Waals surface area contributed by atoms with Gasteiger partial charge in [0.2, 0.25) is 5.91 Å². The van der Waals surface area contributed by atoms with E-state index in [4.69, 9.17) is 10.5 Å². The molecular formula is C8H18N2O2. The van der Waals surface area contributed by atoms with Crippen LogP contribution in [0.15, 0.2) is 0 Å². The predicted octanol–water partition coefficient (Wildman–Crippen LogP) is -0.170. The first-order valence-electron chi connectivity index (χ1n) is 4.15. The van der Waals surface area contributed by atoms with Crippen molar-refractivity contribution in [1.29, 1.82) is 0 Å². The van der Waals surface area contributed by atoms with Crippen molar-refractivity contribution in [1.82, 2.24) is 4.90 Å². The first-order valence-corrected chi connectivity index (χ1v) is 4.15. The molecule has 2 N–H and O–H groups in total. The summed E-state index contributed by atoms with van der Waals surface area (Å²) in [4.78, 5) is 12.9. The summed E-state index contributed by atoms with van der Waals surface area (Å²) in [5.74, 6) is 0.137. The Balaban J connectivity index is 3.43. The third-order valence-electron chi connectivity index (χ3n) is 1.63. The van der Waals surface area contributed by atoms with Crippen LogP contribution in [0.3, 0.4) is 0 Å². The molecule has 1 amide bonds. The van der Waals surface area contributed by atoms with E-state index < -0.39 is 0 Å². The molecule has 0 aromatic rings. The van der Waals surface area contributed by atoms with Gasteiger partial charge in [-0.25, -0.2) is 0 Å². The minimum atomic E-state index is 0.137. The Bertz CT molecular complexity index is 128. The van der Waals surface area contributed by atoms with Crippen LogP contribution in [0.1, 0.15) is 12.8 Å². The third-order valence-corrected chi connectivity index (χ3v) is 1.63. The quantitative estimate of drug-likeness (QED) is 0.569. The van der Waals surface area contributed by atoms with Gasteiger partial charge in [0, 0.05) is 40.3 Å². The van der Waals surface area contributed by atoms with Crippen LogP contribution in [0, 0.1) is 0 Å². The summed E-state index contributed by atoms with van der Waals surface area (Å²) < 4.78 is 4.84. The number of rotatable bonds is 6. The van der Waals surface area contributed by atoms with Crippen molar-refractivity contribution in [3.63, 3.8) is 0 Å². The highest BCUT2D eigenvalue weighted by Gasteiger charge is 2.05. The Morgan fingerprint density at radius 1 is 1.58 bits per heavy atom. The van der Waals surface area contributed by atoms with Crippen molar-refractivity contribution in [2.45, 2.75) is 12.8 Å². The van der Waals surface area contributed by atoms with Crippen LogP contribution in [0.5, 0.6) is 0 Å². The van der Waals surface area contributed by atoms with Gasteiger partial charge in [0.25, 0.3) is 0 Å². The monoisotopic (exact) mass is 174 g/mol. The molecule has 0 aliphatic heterocycles. The lowest BCUT2D eigenvalue weighted by Crippen LogP contribution is -2.31. The number of hydrogen-bond acceptors (Lipinski definition) is 3. The van der Waals surface area contributed by atoms with E-state index in [1.54, 1.807) is 19.1 Å². The summed E-state index contributed by atoms with van der Waals surface area (Å²) in [5.41, 5.74) is 5.30. The Labute approximate surface area is 73.7 Å². The summed E-state index contributed by atoms with van der Waals surface area (Å²) >= 11 is 0. The number of carbonyl (C=O) groups excluding carboxylic acids is 1. The van der Waals surface area contributed by atoms with Crippen molar-refractivity contribution < 1.29 is 9.53 Å². The molecule has 0 aliphatic rings. The molecule has 0 bridgehead atoms. The molecule has 12 heavy (non-hydrogen) atoms. The predicted molar refractivity (Wildman–Crippen MR) is 47.8 cm³/mol. The minimum Gasteiger partial charge on any atom is -0.385 e. The molecule has 72 valence electrons. The molecule has 0 aromatic heterocycles. The third kappa shape index (κ3) is 5.09. The van der Waals surface area contributed by atoms with Crippen LogP contribution in [0.2, 0.25) is 0 Å². The van der Waals surface area contributed by atoms with E-state index in [0.29, 0.717) is 26.1 Å². The summed E-state index contributed by atoms with van der Waals surface area (Å²) in [6.07, 6.45) is 1.33. The fourth-order valence-corrected chi connectivity index (χ4v) is 0.877. The van der Waals surface area contributed by atoms with Gasteiger partial charge in [-0.15, -0.1) is 0 Å². The summed E-state index contributed by atoms with van der Waals surface area (Å²) in [5, 5.41) is 0. The molecule has 0 aliphatic carbocycles. The highest BCUT2D eigenvalue weighted by atomic mass is 16.5. The zero-order valence-electron chi connectivity index (χ0n) is 7.88. The number of hydrogen-bond donors (Lipinski definition) is 1. The van der Waals surface area contributed by atoms with Gasteiger partial charge in [-0.05, 0) is 6.42 Å². The smallest absolute Gasteiger partial charge is 0.222 e. The Morgan fingerprint density at radius 3 is 2.75 bits per heavy atom. The van der Waals surface area contributed by atoms with Gasteiger partial charge in [0.15, 0.2) is 0 Å². The molecule has 4 heteroatoms. The molecule has 0 saturated carbocycles. The number of carbonyl (C=O) groups is 1.